The number of carboxylic acids is 1. The molecule has 198 valence electrons. The molecule has 1 saturated carbocycles. The van der Waals surface area contributed by atoms with Crippen LogP contribution in [0.4, 0.5) is 5.69 Å². The Kier molecular flexibility index (Phi) is 7.56. The molecule has 3 atom stereocenters. The third-order valence-corrected chi connectivity index (χ3v) is 8.72. The van der Waals surface area contributed by atoms with Gasteiger partial charge < -0.3 is 21.9 Å². The lowest BCUT2D eigenvalue weighted by atomic mass is 9.50. The quantitative estimate of drug-likeness (QED) is 0.286. The van der Waals surface area contributed by atoms with Crippen LogP contribution in [-0.4, -0.2) is 29.5 Å². The number of aromatic carboxylic acids is 1. The van der Waals surface area contributed by atoms with Crippen molar-refractivity contribution in [1.82, 2.24) is 0 Å². The van der Waals surface area contributed by atoms with E-state index in [1.165, 1.54) is 35.2 Å². The molecule has 6 N–H and O–H groups in total. The zero-order valence-electron chi connectivity index (χ0n) is 22.1. The second kappa shape index (κ2) is 10.4. The van der Waals surface area contributed by atoms with E-state index < -0.39 is 5.97 Å². The topological polar surface area (TPSA) is 126 Å². The van der Waals surface area contributed by atoms with Crippen LogP contribution < -0.4 is 16.8 Å². The molecule has 4 rings (SSSR count). The molecule has 0 bridgehead atoms. The van der Waals surface area contributed by atoms with Crippen LogP contribution in [0.1, 0.15) is 86.3 Å². The molecule has 0 aliphatic heterocycles. The number of hydrogen-bond acceptors (Lipinski definition) is 2. The van der Waals surface area contributed by atoms with E-state index in [-0.39, 0.29) is 34.0 Å². The fourth-order valence-corrected chi connectivity index (χ4v) is 6.75. The summed E-state index contributed by atoms with van der Waals surface area (Å²) in [6, 6.07) is 11.6. The molecule has 0 amide bonds. The van der Waals surface area contributed by atoms with Gasteiger partial charge in [0.2, 0.25) is 11.9 Å². The third kappa shape index (κ3) is 5.47. The summed E-state index contributed by atoms with van der Waals surface area (Å²) >= 11 is 5.92. The highest BCUT2D eigenvalue weighted by Gasteiger charge is 2.51. The normalized spacial score (nSPS) is 25.9. The van der Waals surface area contributed by atoms with E-state index in [2.05, 4.69) is 61.2 Å². The average Bonchev–Trinajstić information content (AvgIpc) is 2.83. The number of fused-ring (bicyclic) bond motifs is 3. The summed E-state index contributed by atoms with van der Waals surface area (Å²) in [5.74, 6) is -0.0569. The van der Waals surface area contributed by atoms with Gasteiger partial charge in [0.15, 0.2) is 0 Å². The monoisotopic (exact) mass is 523 g/mol. The average molecular weight is 524 g/mol. The Hall–Kier alpha value is -3.06. The smallest absolute Gasteiger partial charge is 0.337 e. The van der Waals surface area contributed by atoms with Gasteiger partial charge in [-0.15, -0.1) is 0 Å². The van der Waals surface area contributed by atoms with Crippen molar-refractivity contribution in [2.45, 2.75) is 71.1 Å². The van der Waals surface area contributed by atoms with Gasteiger partial charge in [-0.25, -0.2) is 4.79 Å². The van der Waals surface area contributed by atoms with Crippen molar-refractivity contribution in [2.24, 2.45) is 32.8 Å². The Morgan fingerprint density at radius 3 is 2.65 bits per heavy atom. The molecule has 2 aromatic carbocycles. The maximum atomic E-state index is 11.5. The van der Waals surface area contributed by atoms with Gasteiger partial charge in [0, 0.05) is 11.6 Å². The van der Waals surface area contributed by atoms with E-state index in [1.54, 1.807) is 6.07 Å². The van der Waals surface area contributed by atoms with E-state index in [0.717, 1.165) is 25.7 Å². The molecule has 2 aromatic rings. The first-order valence-corrected chi connectivity index (χ1v) is 13.4. The van der Waals surface area contributed by atoms with Crippen LogP contribution in [0.2, 0.25) is 5.02 Å². The maximum absolute atomic E-state index is 11.5. The van der Waals surface area contributed by atoms with Crippen LogP contribution in [-0.2, 0) is 11.8 Å². The molecule has 0 radical (unpaired) electrons. The highest BCUT2D eigenvalue weighted by Crippen LogP contribution is 2.57. The molecule has 0 heterocycles. The van der Waals surface area contributed by atoms with E-state index in [1.807, 2.05) is 0 Å². The van der Waals surface area contributed by atoms with Crippen LogP contribution in [0.3, 0.4) is 0 Å². The van der Waals surface area contributed by atoms with Crippen LogP contribution in [0, 0.1) is 11.3 Å². The van der Waals surface area contributed by atoms with Crippen molar-refractivity contribution >= 4 is 35.2 Å². The first-order chi connectivity index (χ1) is 17.4. The highest BCUT2D eigenvalue weighted by molar-refractivity contribution is 6.31. The van der Waals surface area contributed by atoms with Crippen molar-refractivity contribution in [3.05, 3.63) is 63.7 Å². The molecule has 1 fully saturated rings. The molecule has 2 aliphatic carbocycles. The zero-order chi connectivity index (χ0) is 27.0. The summed E-state index contributed by atoms with van der Waals surface area (Å²) in [5.41, 5.74) is 17.0. The molecule has 0 aromatic heterocycles. The maximum Gasteiger partial charge on any atom is 0.337 e. The standard InChI is InChI=1S/C29H38ClN5O2/c1-17(2)18-6-9-22-19(14-18)7-11-24-28(3,12-5-13-29(22,24)4)16-33-26(31)35-27(32)34-23-10-8-20(30)15-21(23)25(36)37/h6,8-10,14-15,17,24H,5,7,11-13,16H2,1-4H3,(H,36,37)(H5,31,32,33,34,35). The number of carboxylic acid groups (broad SMARTS) is 1. The molecule has 7 nitrogen and oxygen atoms in total. The number of anilines is 1. The van der Waals surface area contributed by atoms with Gasteiger partial charge >= 0.3 is 5.97 Å². The Morgan fingerprint density at radius 1 is 1.19 bits per heavy atom. The number of guanidine groups is 2. The van der Waals surface area contributed by atoms with E-state index in [0.29, 0.717) is 23.4 Å². The van der Waals surface area contributed by atoms with E-state index >= 15 is 0 Å². The first-order valence-electron chi connectivity index (χ1n) is 13.0. The van der Waals surface area contributed by atoms with Gasteiger partial charge in [-0.1, -0.05) is 63.9 Å². The van der Waals surface area contributed by atoms with E-state index in [4.69, 9.17) is 23.1 Å². The number of halogens is 1. The minimum absolute atomic E-state index is 0.00358. The van der Waals surface area contributed by atoms with Gasteiger partial charge in [-0.3, -0.25) is 4.99 Å². The molecule has 8 heteroatoms. The summed E-state index contributed by atoms with van der Waals surface area (Å²) < 4.78 is 0. The molecule has 3 unspecified atom stereocenters. The molecule has 0 saturated heterocycles. The summed E-state index contributed by atoms with van der Waals surface area (Å²) in [5, 5.41) is 12.5. The number of carbonyl (C=O) groups is 1. The van der Waals surface area contributed by atoms with E-state index in [9.17, 15) is 9.90 Å². The number of nitrogens with one attached hydrogen (secondary N) is 1. The lowest BCUT2D eigenvalue weighted by Crippen LogP contribution is -2.50. The van der Waals surface area contributed by atoms with Gasteiger partial charge in [-0.05, 0) is 83.2 Å². The predicted molar refractivity (Wildman–Crippen MR) is 152 cm³/mol. The second-order valence-electron chi connectivity index (χ2n) is 11.4. The Labute approximate surface area is 224 Å². The third-order valence-electron chi connectivity index (χ3n) is 8.48. The number of nitrogens with zero attached hydrogens (tertiary/aromatic N) is 2. The van der Waals surface area contributed by atoms with Crippen LogP contribution in [0.25, 0.3) is 0 Å². The van der Waals surface area contributed by atoms with Crippen molar-refractivity contribution in [1.29, 1.82) is 0 Å². The second-order valence-corrected chi connectivity index (χ2v) is 11.8. The van der Waals surface area contributed by atoms with Gasteiger partial charge in [-0.2, -0.15) is 4.99 Å². The summed E-state index contributed by atoms with van der Waals surface area (Å²) in [6.45, 7) is 9.83. The number of hydrogen-bond donors (Lipinski definition) is 4. The van der Waals surface area contributed by atoms with Crippen molar-refractivity contribution in [2.75, 3.05) is 11.9 Å². The number of aliphatic imine (C=N–C) groups is 2. The first kappa shape index (κ1) is 27.0. The molecule has 0 spiro atoms. The molecular weight excluding hydrogens is 486 g/mol. The predicted octanol–water partition coefficient (Wildman–Crippen LogP) is 5.91. The van der Waals surface area contributed by atoms with Crippen molar-refractivity contribution in [3.8, 4) is 0 Å². The van der Waals surface area contributed by atoms with Crippen LogP contribution in [0.15, 0.2) is 46.4 Å². The highest BCUT2D eigenvalue weighted by atomic mass is 35.5. The zero-order valence-corrected chi connectivity index (χ0v) is 22.9. The van der Waals surface area contributed by atoms with Crippen molar-refractivity contribution in [3.63, 3.8) is 0 Å². The van der Waals surface area contributed by atoms with Gasteiger partial charge in [0.1, 0.15) is 0 Å². The fourth-order valence-electron chi connectivity index (χ4n) is 6.58. The summed E-state index contributed by atoms with van der Waals surface area (Å²) in [4.78, 5) is 20.3. The minimum atomic E-state index is -1.12. The summed E-state index contributed by atoms with van der Waals surface area (Å²) in [7, 11) is 0. The molecule has 37 heavy (non-hydrogen) atoms. The van der Waals surface area contributed by atoms with Gasteiger partial charge in [0.05, 0.1) is 11.3 Å². The number of aryl methyl sites for hydroxylation is 1. The lowest BCUT2D eigenvalue weighted by Gasteiger charge is -2.55. The molecular formula is C29H38ClN5O2. The van der Waals surface area contributed by atoms with Crippen LogP contribution in [0.5, 0.6) is 0 Å². The number of nitrogens with two attached hydrogens (primary N) is 2. The van der Waals surface area contributed by atoms with Gasteiger partial charge in [0.25, 0.3) is 0 Å². The van der Waals surface area contributed by atoms with Crippen LogP contribution >= 0.6 is 11.6 Å². The number of benzene rings is 2. The number of rotatable bonds is 5. The minimum Gasteiger partial charge on any atom is -0.478 e. The van der Waals surface area contributed by atoms with Crippen molar-refractivity contribution < 1.29 is 9.90 Å². The largest absolute Gasteiger partial charge is 0.478 e. The molecule has 2 aliphatic rings. The fraction of sp³-hybridized carbons (Fsp3) is 0.483. The Balaban J connectivity index is 1.52. The Morgan fingerprint density at radius 2 is 1.95 bits per heavy atom. The summed E-state index contributed by atoms with van der Waals surface area (Å²) in [6.07, 6.45) is 5.65. The lowest BCUT2D eigenvalue weighted by molar-refractivity contribution is 0.0330. The SMILES string of the molecule is CC(C)c1ccc2c(c1)CCC1C(C)(CN=C(N)/N=C(\N)Nc3ccc(Cl)cc3C(=O)O)CCCC21C. The Bertz CT molecular complexity index is 1260.